The van der Waals surface area contributed by atoms with Gasteiger partial charge in [-0.15, -0.1) is 0 Å². The fraction of sp³-hybridized carbons (Fsp3) is 0.612. The number of esters is 2. The second-order valence-electron chi connectivity index (χ2n) is 28.9. The number of hydrogen-bond acceptors (Lipinski definition) is 12. The lowest BCUT2D eigenvalue weighted by molar-refractivity contribution is -0.141. The third-order valence-electron chi connectivity index (χ3n) is 15.5. The highest BCUT2D eigenvalue weighted by molar-refractivity contribution is 7.30. The van der Waals surface area contributed by atoms with Crippen LogP contribution in [-0.2, 0) is 68.0 Å². The molecule has 4 aromatic carbocycles. The lowest BCUT2D eigenvalue weighted by Gasteiger charge is -2.34. The molecule has 0 spiro atoms. The Labute approximate surface area is 491 Å². The van der Waals surface area contributed by atoms with Gasteiger partial charge in [0.1, 0.15) is 48.4 Å². The number of benzene rings is 4. The van der Waals surface area contributed by atoms with Crippen molar-refractivity contribution in [3.63, 3.8) is 0 Å². The average Bonchev–Trinajstić information content (AvgIpc) is 4.12. The minimum absolute atomic E-state index is 0.0706. The lowest BCUT2D eigenvalue weighted by Crippen LogP contribution is -2.43. The Morgan fingerprint density at radius 2 is 0.790 bits per heavy atom. The summed E-state index contributed by atoms with van der Waals surface area (Å²) in [5.41, 5.74) is 7.26. The lowest BCUT2D eigenvalue weighted by atomic mass is 9.78. The topological polar surface area (TPSA) is 114 Å². The number of carbonyl (C=O) groups is 2. The molecule has 4 aromatic rings. The van der Waals surface area contributed by atoms with Gasteiger partial charge in [-0.2, -0.15) is 0 Å². The van der Waals surface area contributed by atoms with Crippen molar-refractivity contribution in [2.24, 2.45) is 0 Å². The van der Waals surface area contributed by atoms with E-state index >= 15 is 0 Å². The number of methoxy groups -OCH3 is 2. The van der Waals surface area contributed by atoms with Gasteiger partial charge in [-0.25, -0.2) is 0 Å². The zero-order valence-corrected chi connectivity index (χ0v) is 55.4. The Kier molecular flexibility index (Phi) is 21.1. The van der Waals surface area contributed by atoms with Gasteiger partial charge in [0.2, 0.25) is 0 Å². The summed E-state index contributed by atoms with van der Waals surface area (Å²) in [7, 11) is 3.29. The summed E-state index contributed by atoms with van der Waals surface area (Å²) in [6.07, 6.45) is 0.468. The first-order valence-corrected chi connectivity index (χ1v) is 30.8. The van der Waals surface area contributed by atoms with Crippen molar-refractivity contribution in [2.75, 3.05) is 40.5 Å². The minimum Gasteiger partial charge on any atom is -0.490 e. The van der Waals surface area contributed by atoms with Gasteiger partial charge in [-0.05, 0) is 123 Å². The Hall–Kier alpha value is -4.28. The van der Waals surface area contributed by atoms with E-state index in [-0.39, 0.29) is 93.4 Å². The van der Waals surface area contributed by atoms with Crippen LogP contribution in [-0.4, -0.2) is 97.3 Å². The van der Waals surface area contributed by atoms with Crippen LogP contribution >= 0.6 is 17.9 Å². The van der Waals surface area contributed by atoms with E-state index < -0.39 is 12.2 Å². The summed E-state index contributed by atoms with van der Waals surface area (Å²) < 4.78 is 55.9. The molecule has 448 valence electrons. The molecule has 0 aromatic heterocycles. The van der Waals surface area contributed by atoms with Crippen molar-refractivity contribution >= 4 is 29.9 Å². The first-order chi connectivity index (χ1) is 37.4. The first-order valence-electron chi connectivity index (χ1n) is 29.1. The maximum Gasteiger partial charge on any atom is 0.305 e. The van der Waals surface area contributed by atoms with Gasteiger partial charge in [0, 0.05) is 64.7 Å². The van der Waals surface area contributed by atoms with E-state index in [4.69, 9.17) is 37.5 Å². The van der Waals surface area contributed by atoms with Crippen LogP contribution in [0.2, 0.25) is 0 Å². The van der Waals surface area contributed by atoms with E-state index in [1.165, 1.54) is 14.2 Å². The van der Waals surface area contributed by atoms with Gasteiger partial charge in [0.25, 0.3) is 0 Å². The van der Waals surface area contributed by atoms with E-state index in [2.05, 4.69) is 221 Å². The highest BCUT2D eigenvalue weighted by atomic mass is 31.1. The van der Waals surface area contributed by atoms with E-state index in [1.807, 2.05) is 0 Å². The van der Waals surface area contributed by atoms with Gasteiger partial charge in [0.15, 0.2) is 12.2 Å². The molecule has 0 saturated carbocycles. The van der Waals surface area contributed by atoms with Crippen LogP contribution < -0.4 is 18.9 Å². The second kappa shape index (κ2) is 25.9. The SMILES string of the molecule is COC(=O)CCc1cc(C(C)(C)C)c(OC(COc2ccc(C(C)(C)c3ccc(OCC(Oc4c(C(C)(C)C)cc(CCC(=O)OC)cc4C(C)(C)C)C4CN(C(C)(C)C)PO4)cc3)cc2)C2CN(C(C)(C)C)PO2)c(C(C)(C)C)c1. The Morgan fingerprint density at radius 3 is 1.04 bits per heavy atom. The predicted octanol–water partition coefficient (Wildman–Crippen LogP) is 15.1. The minimum atomic E-state index is -0.422. The molecule has 81 heavy (non-hydrogen) atoms. The van der Waals surface area contributed by atoms with Gasteiger partial charge >= 0.3 is 11.9 Å². The van der Waals surface area contributed by atoms with Crippen LogP contribution in [0.5, 0.6) is 23.0 Å². The maximum atomic E-state index is 12.3. The average molecular weight is 1160 g/mol. The highest BCUT2D eigenvalue weighted by Gasteiger charge is 2.42. The van der Waals surface area contributed by atoms with Crippen molar-refractivity contribution in [3.05, 3.63) is 117 Å². The Balaban J connectivity index is 1.23. The summed E-state index contributed by atoms with van der Waals surface area (Å²) in [4.78, 5) is 24.5. The third kappa shape index (κ3) is 17.4. The summed E-state index contributed by atoms with van der Waals surface area (Å²) in [5, 5.41) is 0. The zero-order chi connectivity index (χ0) is 60.3. The van der Waals surface area contributed by atoms with Crippen LogP contribution in [0.25, 0.3) is 0 Å². The number of nitrogens with zero attached hydrogens (tertiary/aromatic N) is 2. The molecule has 14 heteroatoms. The van der Waals surface area contributed by atoms with Crippen LogP contribution in [0.1, 0.15) is 196 Å². The molecule has 2 saturated heterocycles. The Bertz CT molecular complexity index is 2500. The maximum absolute atomic E-state index is 12.3. The number of carbonyl (C=O) groups excluding carboxylic acids is 2. The van der Waals surface area contributed by atoms with Gasteiger partial charge < -0.3 is 37.5 Å². The van der Waals surface area contributed by atoms with E-state index in [9.17, 15) is 9.59 Å². The molecule has 6 atom stereocenters. The molecule has 2 aliphatic rings. The fourth-order valence-electron chi connectivity index (χ4n) is 10.0. The number of hydrogen-bond donors (Lipinski definition) is 0. The van der Waals surface area contributed by atoms with Crippen molar-refractivity contribution in [1.82, 2.24) is 9.34 Å². The molecule has 0 N–H and O–H groups in total. The van der Waals surface area contributed by atoms with Crippen molar-refractivity contribution < 1.29 is 47.1 Å². The number of aryl methyl sites for hydroxylation is 2. The molecule has 6 rings (SSSR count). The molecule has 2 heterocycles. The van der Waals surface area contributed by atoms with Crippen LogP contribution in [0.15, 0.2) is 72.8 Å². The number of rotatable bonds is 20. The van der Waals surface area contributed by atoms with E-state index in [0.29, 0.717) is 38.8 Å². The van der Waals surface area contributed by atoms with E-state index in [0.717, 1.165) is 67.5 Å². The molecule has 0 bridgehead atoms. The molecule has 0 aliphatic carbocycles. The van der Waals surface area contributed by atoms with Crippen LogP contribution in [0, 0.1) is 0 Å². The molecular formula is C67H100N2O10P2. The van der Waals surface area contributed by atoms with Crippen molar-refractivity contribution in [1.29, 1.82) is 0 Å². The largest absolute Gasteiger partial charge is 0.490 e. The standard InChI is InChI=1S/C67H100N2O10P2/c1-61(2,3)49-35-43(23-33-57(70)72-21)36-50(62(4,5)6)59(49)76-55(53-39-68(80-78-53)65(13,14)15)41-74-47-29-25-45(26-30-47)67(19,20)46-27-31-48(32-28-46)75-42-56(54-40-69(81-79-54)66(16,17)18)77-60-51(63(7,8)9)37-44(24-34-58(71)73-22)38-52(60)64(10,11)12/h25-32,35-38,53-56,80-81H,23-24,33-34,39-42H2,1-22H3. The molecule has 0 radical (unpaired) electrons. The van der Waals surface area contributed by atoms with Gasteiger partial charge in [-0.3, -0.25) is 18.9 Å². The van der Waals surface area contributed by atoms with Gasteiger partial charge in [-0.1, -0.05) is 145 Å². The first kappa shape index (κ1) is 65.9. The molecule has 6 unspecified atom stereocenters. The van der Waals surface area contributed by atoms with Gasteiger partial charge in [0.05, 0.1) is 32.1 Å². The molecular weight excluding hydrogens is 1050 g/mol. The fourth-order valence-corrected chi connectivity index (χ4v) is 12.1. The monoisotopic (exact) mass is 1150 g/mol. The van der Waals surface area contributed by atoms with Crippen LogP contribution in [0.3, 0.4) is 0 Å². The smallest absolute Gasteiger partial charge is 0.305 e. The predicted molar refractivity (Wildman–Crippen MR) is 332 cm³/mol. The summed E-state index contributed by atoms with van der Waals surface area (Å²) in [5.74, 6) is 2.75. The molecule has 0 amide bonds. The zero-order valence-electron chi connectivity index (χ0n) is 53.4. The summed E-state index contributed by atoms with van der Waals surface area (Å²) in [6.45, 7) is 46.3. The summed E-state index contributed by atoms with van der Waals surface area (Å²) >= 11 is 0. The normalized spacial score (nSPS) is 18.5. The van der Waals surface area contributed by atoms with E-state index in [1.54, 1.807) is 0 Å². The van der Waals surface area contributed by atoms with Crippen molar-refractivity contribution in [3.8, 4) is 23.0 Å². The molecule has 2 fully saturated rings. The van der Waals surface area contributed by atoms with Crippen molar-refractivity contribution in [2.45, 2.75) is 227 Å². The highest BCUT2D eigenvalue weighted by Crippen LogP contribution is 2.47. The number of ether oxygens (including phenoxy) is 6. The quantitative estimate of drug-likeness (QED) is 0.0620. The molecule has 2 aliphatic heterocycles. The second-order valence-corrected chi connectivity index (χ2v) is 30.8. The molecule has 12 nitrogen and oxygen atoms in total. The van der Waals surface area contributed by atoms with Crippen LogP contribution in [0.4, 0.5) is 0 Å². The third-order valence-corrected chi connectivity index (χ3v) is 18.5. The Morgan fingerprint density at radius 1 is 0.494 bits per heavy atom. The summed E-state index contributed by atoms with van der Waals surface area (Å²) in [6, 6.07) is 25.7.